The van der Waals surface area contributed by atoms with Crippen molar-refractivity contribution in [2.24, 2.45) is 0 Å². The van der Waals surface area contributed by atoms with Crippen molar-refractivity contribution in [3.05, 3.63) is 83.6 Å². The van der Waals surface area contributed by atoms with E-state index in [4.69, 9.17) is 16.6 Å². The Kier molecular flexibility index (Phi) is 4.86. The molecule has 2 heterocycles. The Morgan fingerprint density at radius 1 is 0.906 bits per heavy atom. The normalized spacial score (nSPS) is 11.9. The van der Waals surface area contributed by atoms with Gasteiger partial charge in [0.05, 0.1) is 5.52 Å². The molecule has 0 aliphatic rings. The second-order valence-corrected chi connectivity index (χ2v) is 9.47. The second-order valence-electron chi connectivity index (χ2n) is 9.04. The number of rotatable bonds is 3. The summed E-state index contributed by atoms with van der Waals surface area (Å²) in [4.78, 5) is 6.88. The summed E-state index contributed by atoms with van der Waals surface area (Å²) in [7, 11) is 2.02. The van der Waals surface area contributed by atoms with Gasteiger partial charge in [0.2, 0.25) is 0 Å². The molecule has 0 unspecified atom stereocenters. The van der Waals surface area contributed by atoms with Gasteiger partial charge >= 0.3 is 0 Å². The van der Waals surface area contributed by atoms with Crippen molar-refractivity contribution in [3.8, 4) is 11.1 Å². The third-order valence-electron chi connectivity index (χ3n) is 5.81. The van der Waals surface area contributed by atoms with E-state index in [9.17, 15) is 0 Å². The monoisotopic (exact) mass is 441 g/mol. The molecule has 0 fully saturated rings. The van der Waals surface area contributed by atoms with Crippen LogP contribution in [0, 0.1) is 0 Å². The van der Waals surface area contributed by atoms with Gasteiger partial charge in [-0.3, -0.25) is 4.40 Å². The maximum atomic E-state index is 6.28. The Bertz CT molecular complexity index is 1450. The summed E-state index contributed by atoms with van der Waals surface area (Å²) in [5.41, 5.74) is 5.74. The summed E-state index contributed by atoms with van der Waals surface area (Å²) in [6.07, 6.45) is 1.66. The van der Waals surface area contributed by atoms with Crippen molar-refractivity contribution in [1.29, 1.82) is 0 Å². The molecule has 6 heteroatoms. The van der Waals surface area contributed by atoms with Gasteiger partial charge in [-0.2, -0.15) is 4.98 Å². The van der Waals surface area contributed by atoms with Crippen molar-refractivity contribution in [3.63, 3.8) is 0 Å². The molecule has 0 saturated carbocycles. The van der Waals surface area contributed by atoms with Crippen LogP contribution in [0.3, 0.4) is 0 Å². The fourth-order valence-corrected chi connectivity index (χ4v) is 4.13. The summed E-state index contributed by atoms with van der Waals surface area (Å²) in [5.74, 6) is 1.34. The minimum Gasteiger partial charge on any atom is -0.329 e. The number of hydrogen-bond acceptors (Lipinski definition) is 4. The number of hydrogen-bond donors (Lipinski definition) is 0. The molecule has 5 aromatic rings. The van der Waals surface area contributed by atoms with Crippen LogP contribution in [0.2, 0.25) is 5.02 Å². The maximum Gasteiger partial charge on any atom is 0.257 e. The molecule has 5 rings (SSSR count). The first-order valence-electron chi connectivity index (χ1n) is 10.5. The van der Waals surface area contributed by atoms with Gasteiger partial charge in [0.25, 0.3) is 5.78 Å². The van der Waals surface area contributed by atoms with Crippen LogP contribution in [0.15, 0.2) is 73.1 Å². The first kappa shape index (κ1) is 20.5. The van der Waals surface area contributed by atoms with Gasteiger partial charge in [-0.25, -0.2) is 0 Å². The predicted molar refractivity (Wildman–Crippen MR) is 132 cm³/mol. The van der Waals surface area contributed by atoms with E-state index in [2.05, 4.69) is 84.4 Å². The maximum absolute atomic E-state index is 6.28. The molecule has 5 nitrogen and oxygen atoms in total. The number of anilines is 2. The number of fused-ring (bicyclic) bond motifs is 3. The average molecular weight is 442 g/mol. The molecule has 160 valence electrons. The fourth-order valence-electron chi connectivity index (χ4n) is 3.96. The summed E-state index contributed by atoms with van der Waals surface area (Å²) in [6.45, 7) is 6.71. The molecule has 0 atom stereocenters. The van der Waals surface area contributed by atoms with E-state index >= 15 is 0 Å². The average Bonchev–Trinajstić information content (AvgIpc) is 3.27. The summed E-state index contributed by atoms with van der Waals surface area (Å²) in [5, 5.41) is 9.83. The van der Waals surface area contributed by atoms with Crippen molar-refractivity contribution in [1.82, 2.24) is 19.6 Å². The van der Waals surface area contributed by atoms with Gasteiger partial charge < -0.3 is 4.90 Å². The molecule has 0 bridgehead atoms. The minimum atomic E-state index is 0.0994. The molecule has 32 heavy (non-hydrogen) atoms. The van der Waals surface area contributed by atoms with E-state index in [1.165, 1.54) is 11.1 Å². The highest BCUT2D eigenvalue weighted by atomic mass is 35.5. The van der Waals surface area contributed by atoms with Gasteiger partial charge in [0.1, 0.15) is 12.1 Å². The van der Waals surface area contributed by atoms with E-state index in [1.54, 1.807) is 6.33 Å². The Balaban J connectivity index is 1.62. The van der Waals surface area contributed by atoms with Gasteiger partial charge in [-0.15, -0.1) is 10.2 Å². The van der Waals surface area contributed by atoms with Crippen molar-refractivity contribution in [2.45, 2.75) is 26.2 Å². The molecule has 0 spiro atoms. The molecule has 0 saturated heterocycles. The quantitative estimate of drug-likeness (QED) is 0.314. The van der Waals surface area contributed by atoms with Gasteiger partial charge in [-0.1, -0.05) is 68.8 Å². The molecule has 0 aliphatic heterocycles. The predicted octanol–water partition coefficient (Wildman–Crippen LogP) is 6.66. The largest absolute Gasteiger partial charge is 0.329 e. The lowest BCUT2D eigenvalue weighted by atomic mass is 9.85. The summed E-state index contributed by atoms with van der Waals surface area (Å²) >= 11 is 6.28. The zero-order chi connectivity index (χ0) is 22.5. The van der Waals surface area contributed by atoms with Crippen molar-refractivity contribution >= 4 is 39.8 Å². The second kappa shape index (κ2) is 7.61. The van der Waals surface area contributed by atoms with E-state index in [0.29, 0.717) is 10.8 Å². The minimum absolute atomic E-state index is 0.0994. The zero-order valence-corrected chi connectivity index (χ0v) is 19.3. The number of halogens is 1. The smallest absolute Gasteiger partial charge is 0.257 e. The number of aromatic nitrogens is 4. The van der Waals surface area contributed by atoms with Crippen LogP contribution in [0.5, 0.6) is 0 Å². The van der Waals surface area contributed by atoms with Crippen LogP contribution in [0.1, 0.15) is 26.3 Å². The number of nitrogens with zero attached hydrogens (tertiary/aromatic N) is 5. The SMILES string of the molecule is CN(c1cccc(-c2cccc(C(C)(C)C)c2)c1)c1nc2nncn2c2cc(Cl)ccc12. The zero-order valence-electron chi connectivity index (χ0n) is 18.5. The molecule has 0 radical (unpaired) electrons. The van der Waals surface area contributed by atoms with Crippen LogP contribution in [0.25, 0.3) is 27.8 Å². The molecular weight excluding hydrogens is 418 g/mol. The van der Waals surface area contributed by atoms with Crippen LogP contribution >= 0.6 is 11.6 Å². The van der Waals surface area contributed by atoms with Crippen LogP contribution in [0.4, 0.5) is 11.5 Å². The fraction of sp³-hybridized carbons (Fsp3) is 0.192. The highest BCUT2D eigenvalue weighted by Crippen LogP contribution is 2.34. The highest BCUT2D eigenvalue weighted by Gasteiger charge is 2.17. The molecule has 3 aromatic carbocycles. The molecule has 0 amide bonds. The Hall–Kier alpha value is -3.44. The summed E-state index contributed by atoms with van der Waals surface area (Å²) in [6, 6.07) is 23.1. The van der Waals surface area contributed by atoms with Crippen LogP contribution < -0.4 is 4.90 Å². The Morgan fingerprint density at radius 2 is 1.66 bits per heavy atom. The number of benzene rings is 3. The molecular formula is C26H24ClN5. The Morgan fingerprint density at radius 3 is 2.44 bits per heavy atom. The molecule has 2 aromatic heterocycles. The van der Waals surface area contributed by atoms with Gasteiger partial charge in [0, 0.05) is 23.1 Å². The standard InChI is InChI=1S/C26H24ClN5/c1-26(2,3)19-9-5-7-17(13-19)18-8-6-10-21(14-18)31(4)24-22-12-11-20(27)15-23(22)32-16-28-30-25(32)29-24/h5-16H,1-4H3. The topological polar surface area (TPSA) is 46.3 Å². The van der Waals surface area contributed by atoms with Crippen LogP contribution in [-0.4, -0.2) is 26.6 Å². The van der Waals surface area contributed by atoms with E-state index in [1.807, 2.05) is 29.6 Å². The lowest BCUT2D eigenvalue weighted by Crippen LogP contribution is -2.13. The molecule has 0 N–H and O–H groups in total. The third kappa shape index (κ3) is 3.59. The van der Waals surface area contributed by atoms with E-state index in [-0.39, 0.29) is 5.41 Å². The van der Waals surface area contributed by atoms with Crippen LogP contribution in [-0.2, 0) is 5.41 Å². The van der Waals surface area contributed by atoms with E-state index in [0.717, 1.165) is 28.0 Å². The highest BCUT2D eigenvalue weighted by molar-refractivity contribution is 6.31. The Labute approximate surface area is 192 Å². The van der Waals surface area contributed by atoms with Gasteiger partial charge in [-0.05, 0) is 52.4 Å². The van der Waals surface area contributed by atoms with E-state index < -0.39 is 0 Å². The van der Waals surface area contributed by atoms with Crippen molar-refractivity contribution in [2.75, 3.05) is 11.9 Å². The third-order valence-corrected chi connectivity index (χ3v) is 6.04. The molecule has 0 aliphatic carbocycles. The lowest BCUT2D eigenvalue weighted by molar-refractivity contribution is 0.590. The lowest BCUT2D eigenvalue weighted by Gasteiger charge is -2.22. The summed E-state index contributed by atoms with van der Waals surface area (Å²) < 4.78 is 1.85. The first-order chi connectivity index (χ1) is 15.3. The first-order valence-corrected chi connectivity index (χ1v) is 10.9. The van der Waals surface area contributed by atoms with Crippen molar-refractivity contribution < 1.29 is 0 Å². The van der Waals surface area contributed by atoms with Gasteiger partial charge in [0.15, 0.2) is 0 Å².